The van der Waals surface area contributed by atoms with E-state index in [1.807, 2.05) is 19.9 Å². The Morgan fingerprint density at radius 2 is 2.10 bits per heavy atom. The molecule has 0 spiro atoms. The highest BCUT2D eigenvalue weighted by molar-refractivity contribution is 5.92. The van der Waals surface area contributed by atoms with E-state index in [4.69, 9.17) is 0 Å². The predicted octanol–water partition coefficient (Wildman–Crippen LogP) is 1.45. The molecular formula is C15H20N4O2. The van der Waals surface area contributed by atoms with Crippen LogP contribution < -0.4 is 10.9 Å². The number of hydrogen-bond donors (Lipinski definition) is 1. The predicted molar refractivity (Wildman–Crippen MR) is 80.3 cm³/mol. The number of carbonyl (C=O) groups is 1. The molecule has 0 saturated carbocycles. The zero-order valence-corrected chi connectivity index (χ0v) is 12.3. The zero-order valence-electron chi connectivity index (χ0n) is 12.3. The summed E-state index contributed by atoms with van der Waals surface area (Å²) in [6.45, 7) is 5.10. The van der Waals surface area contributed by atoms with Gasteiger partial charge in [0.25, 0.3) is 5.91 Å². The molecule has 0 aliphatic heterocycles. The summed E-state index contributed by atoms with van der Waals surface area (Å²) < 4.78 is 3.37. The molecular weight excluding hydrogens is 268 g/mol. The molecule has 2 heterocycles. The molecule has 112 valence electrons. The fraction of sp³-hybridized carbons (Fsp3) is 0.400. The maximum absolute atomic E-state index is 11.9. The number of pyridine rings is 1. The molecule has 0 radical (unpaired) electrons. The van der Waals surface area contributed by atoms with E-state index in [0.29, 0.717) is 25.2 Å². The van der Waals surface area contributed by atoms with Crippen LogP contribution in [0.25, 0.3) is 0 Å². The van der Waals surface area contributed by atoms with Gasteiger partial charge in [0.2, 0.25) is 5.56 Å². The maximum Gasteiger partial charge on any atom is 0.271 e. The molecule has 2 rings (SSSR count). The molecule has 6 heteroatoms. The lowest BCUT2D eigenvalue weighted by molar-refractivity contribution is 0.0946. The highest BCUT2D eigenvalue weighted by atomic mass is 16.2. The highest BCUT2D eigenvalue weighted by Gasteiger charge is 2.09. The lowest BCUT2D eigenvalue weighted by atomic mass is 10.3. The van der Waals surface area contributed by atoms with Gasteiger partial charge in [0.05, 0.1) is 0 Å². The summed E-state index contributed by atoms with van der Waals surface area (Å²) >= 11 is 0. The number of nitrogens with one attached hydrogen (secondary N) is 1. The lowest BCUT2D eigenvalue weighted by Gasteiger charge is -2.06. The fourth-order valence-corrected chi connectivity index (χ4v) is 1.93. The van der Waals surface area contributed by atoms with Gasteiger partial charge in [-0.3, -0.25) is 14.3 Å². The Morgan fingerprint density at radius 1 is 1.29 bits per heavy atom. The molecule has 1 N–H and O–H groups in total. The van der Waals surface area contributed by atoms with Crippen molar-refractivity contribution >= 4 is 5.91 Å². The van der Waals surface area contributed by atoms with Crippen molar-refractivity contribution in [2.24, 2.45) is 0 Å². The molecule has 0 bridgehead atoms. The second kappa shape index (κ2) is 6.88. The Balaban J connectivity index is 1.79. The number of carbonyl (C=O) groups excluding carboxylic acids is 1. The molecule has 21 heavy (non-hydrogen) atoms. The van der Waals surface area contributed by atoms with Gasteiger partial charge in [-0.1, -0.05) is 6.07 Å². The smallest absolute Gasteiger partial charge is 0.271 e. The van der Waals surface area contributed by atoms with E-state index in [2.05, 4.69) is 10.4 Å². The number of aryl methyl sites for hydroxylation is 1. The quantitative estimate of drug-likeness (QED) is 0.818. The van der Waals surface area contributed by atoms with Gasteiger partial charge in [0.15, 0.2) is 0 Å². The molecule has 6 nitrogen and oxygen atoms in total. The Hall–Kier alpha value is -2.37. The fourth-order valence-electron chi connectivity index (χ4n) is 1.93. The van der Waals surface area contributed by atoms with E-state index >= 15 is 0 Å². The largest absolute Gasteiger partial charge is 0.351 e. The van der Waals surface area contributed by atoms with E-state index in [1.165, 1.54) is 6.07 Å². The third-order valence-electron chi connectivity index (χ3n) is 3.13. The second-order valence-electron chi connectivity index (χ2n) is 5.12. The van der Waals surface area contributed by atoms with Gasteiger partial charge < -0.3 is 9.88 Å². The summed E-state index contributed by atoms with van der Waals surface area (Å²) in [4.78, 5) is 23.4. The Kier molecular flexibility index (Phi) is 4.92. The van der Waals surface area contributed by atoms with E-state index < -0.39 is 0 Å². The molecule has 0 fully saturated rings. The van der Waals surface area contributed by atoms with Crippen molar-refractivity contribution < 1.29 is 4.79 Å². The average Bonchev–Trinajstić information content (AvgIpc) is 2.95. The van der Waals surface area contributed by atoms with Crippen molar-refractivity contribution in [1.29, 1.82) is 0 Å². The Bertz CT molecular complexity index is 657. The molecule has 0 aromatic carbocycles. The van der Waals surface area contributed by atoms with Crippen LogP contribution in [0.2, 0.25) is 0 Å². The number of rotatable bonds is 6. The van der Waals surface area contributed by atoms with Crippen molar-refractivity contribution in [2.45, 2.75) is 32.9 Å². The summed E-state index contributed by atoms with van der Waals surface area (Å²) in [5.41, 5.74) is 0.389. The molecule has 0 atom stereocenters. The molecule has 2 aromatic rings. The van der Waals surface area contributed by atoms with Gasteiger partial charge in [0.1, 0.15) is 5.69 Å². The molecule has 0 aliphatic carbocycles. The first-order valence-electron chi connectivity index (χ1n) is 7.07. The van der Waals surface area contributed by atoms with Crippen molar-refractivity contribution in [3.63, 3.8) is 0 Å². The Labute approximate surface area is 123 Å². The van der Waals surface area contributed by atoms with Crippen LogP contribution in [0.1, 0.15) is 36.8 Å². The normalized spacial score (nSPS) is 10.8. The van der Waals surface area contributed by atoms with Crippen molar-refractivity contribution in [3.8, 4) is 0 Å². The van der Waals surface area contributed by atoms with Crippen LogP contribution in [0.15, 0.2) is 41.5 Å². The molecule has 1 amide bonds. The standard InChI is InChI=1S/C15H20N4O2/c1-12(2)19-11-7-13(17-19)15(21)16-8-5-10-18-9-4-3-6-14(18)20/h3-4,6-7,9,11-12H,5,8,10H2,1-2H3,(H,16,21). The second-order valence-corrected chi connectivity index (χ2v) is 5.12. The lowest BCUT2D eigenvalue weighted by Crippen LogP contribution is -2.27. The van der Waals surface area contributed by atoms with E-state index in [0.717, 1.165) is 0 Å². The average molecular weight is 288 g/mol. The van der Waals surface area contributed by atoms with Crippen molar-refractivity contribution in [1.82, 2.24) is 19.7 Å². The summed E-state index contributed by atoms with van der Waals surface area (Å²) in [5, 5.41) is 7.02. The molecule has 0 aliphatic rings. The van der Waals surface area contributed by atoms with Crippen molar-refractivity contribution in [2.75, 3.05) is 6.54 Å². The third kappa shape index (κ3) is 4.05. The van der Waals surface area contributed by atoms with Gasteiger partial charge in [-0.25, -0.2) is 0 Å². The monoisotopic (exact) mass is 288 g/mol. The third-order valence-corrected chi connectivity index (χ3v) is 3.13. The maximum atomic E-state index is 11.9. The molecule has 0 saturated heterocycles. The number of hydrogen-bond acceptors (Lipinski definition) is 3. The Morgan fingerprint density at radius 3 is 2.76 bits per heavy atom. The first-order valence-corrected chi connectivity index (χ1v) is 7.07. The molecule has 2 aromatic heterocycles. The van der Waals surface area contributed by atoms with Crippen LogP contribution >= 0.6 is 0 Å². The van der Waals surface area contributed by atoms with Gasteiger partial charge in [-0.2, -0.15) is 5.10 Å². The van der Waals surface area contributed by atoms with Crippen LogP contribution in [-0.4, -0.2) is 26.8 Å². The SMILES string of the molecule is CC(C)n1ccc(C(=O)NCCCn2ccccc2=O)n1. The topological polar surface area (TPSA) is 68.9 Å². The van der Waals surface area contributed by atoms with Crippen molar-refractivity contribution in [3.05, 3.63) is 52.7 Å². The van der Waals surface area contributed by atoms with Crippen LogP contribution in [0, 0.1) is 0 Å². The number of amides is 1. The van der Waals surface area contributed by atoms with Gasteiger partial charge in [0, 0.05) is 37.6 Å². The van der Waals surface area contributed by atoms with Gasteiger partial charge in [-0.15, -0.1) is 0 Å². The van der Waals surface area contributed by atoms with Crippen LogP contribution in [0.4, 0.5) is 0 Å². The summed E-state index contributed by atoms with van der Waals surface area (Å²) in [6.07, 6.45) is 4.23. The number of aromatic nitrogens is 3. The minimum absolute atomic E-state index is 0.0282. The first kappa shape index (κ1) is 15.0. The minimum atomic E-state index is -0.185. The van der Waals surface area contributed by atoms with Crippen LogP contribution in [0.5, 0.6) is 0 Å². The highest BCUT2D eigenvalue weighted by Crippen LogP contribution is 2.03. The summed E-state index contributed by atoms with van der Waals surface area (Å²) in [5.74, 6) is -0.185. The number of nitrogens with zero attached hydrogens (tertiary/aromatic N) is 3. The van der Waals surface area contributed by atoms with Gasteiger partial charge in [-0.05, 0) is 32.4 Å². The van der Waals surface area contributed by atoms with E-state index in [-0.39, 0.29) is 17.5 Å². The zero-order chi connectivity index (χ0) is 15.2. The summed E-state index contributed by atoms with van der Waals surface area (Å²) in [6, 6.07) is 7.00. The van der Waals surface area contributed by atoms with Crippen LogP contribution in [-0.2, 0) is 6.54 Å². The molecule has 0 unspecified atom stereocenters. The van der Waals surface area contributed by atoms with E-state index in [9.17, 15) is 9.59 Å². The van der Waals surface area contributed by atoms with Gasteiger partial charge >= 0.3 is 0 Å². The van der Waals surface area contributed by atoms with E-state index in [1.54, 1.807) is 33.8 Å². The summed E-state index contributed by atoms with van der Waals surface area (Å²) in [7, 11) is 0. The van der Waals surface area contributed by atoms with Crippen LogP contribution in [0.3, 0.4) is 0 Å². The first-order chi connectivity index (χ1) is 10.1. The minimum Gasteiger partial charge on any atom is -0.351 e.